The van der Waals surface area contributed by atoms with E-state index in [-0.39, 0.29) is 6.10 Å². The van der Waals surface area contributed by atoms with Crippen LogP contribution in [0, 0.1) is 12.8 Å². The highest BCUT2D eigenvalue weighted by Gasteiger charge is 2.27. The van der Waals surface area contributed by atoms with Gasteiger partial charge in [-0.1, -0.05) is 43.7 Å². The average molecular weight is 340 g/mol. The minimum Gasteiger partial charge on any atom is -0.373 e. The smallest absolute Gasteiger partial charge is 0.242 e. The van der Waals surface area contributed by atoms with E-state index in [1.54, 1.807) is 0 Å². The van der Waals surface area contributed by atoms with E-state index in [2.05, 4.69) is 65.5 Å². The molecule has 2 heterocycles. The molecule has 134 valence electrons. The van der Waals surface area contributed by atoms with Crippen molar-refractivity contribution in [2.45, 2.75) is 52.6 Å². The van der Waals surface area contributed by atoms with Crippen LogP contribution in [0.2, 0.25) is 0 Å². The number of hydrogen-bond donors (Lipinski definition) is 1. The molecule has 0 bridgehead atoms. The summed E-state index contributed by atoms with van der Waals surface area (Å²) in [5, 5.41) is 11.9. The third-order valence-electron chi connectivity index (χ3n) is 4.88. The van der Waals surface area contributed by atoms with Crippen molar-refractivity contribution in [3.8, 4) is 0 Å². The van der Waals surface area contributed by atoms with Gasteiger partial charge in [-0.2, -0.15) is 5.10 Å². The van der Waals surface area contributed by atoms with E-state index >= 15 is 0 Å². The second-order valence-corrected chi connectivity index (χ2v) is 6.72. The van der Waals surface area contributed by atoms with Gasteiger partial charge in [0.25, 0.3) is 0 Å². The van der Waals surface area contributed by atoms with Gasteiger partial charge in [0, 0.05) is 19.1 Å². The largest absolute Gasteiger partial charge is 0.373 e. The Morgan fingerprint density at radius 3 is 2.56 bits per heavy atom. The van der Waals surface area contributed by atoms with Crippen molar-refractivity contribution in [3.05, 3.63) is 46.8 Å². The molecule has 5 nitrogen and oxygen atoms in total. The highest BCUT2D eigenvalue weighted by Crippen LogP contribution is 2.33. The first-order valence-corrected chi connectivity index (χ1v) is 9.35. The molecule has 1 aliphatic heterocycles. The van der Waals surface area contributed by atoms with Crippen LogP contribution < -0.4 is 5.32 Å². The molecule has 0 amide bonds. The fourth-order valence-electron chi connectivity index (χ4n) is 3.41. The van der Waals surface area contributed by atoms with Crippen molar-refractivity contribution in [2.75, 3.05) is 18.5 Å². The summed E-state index contributed by atoms with van der Waals surface area (Å²) in [6.07, 6.45) is 4.13. The first-order chi connectivity index (χ1) is 12.2. The van der Waals surface area contributed by atoms with Crippen LogP contribution >= 0.6 is 0 Å². The fraction of sp³-hybridized carbons (Fsp3) is 0.550. The first-order valence-electron chi connectivity index (χ1n) is 9.35. The van der Waals surface area contributed by atoms with Gasteiger partial charge >= 0.3 is 0 Å². The Hall–Kier alpha value is -2.01. The van der Waals surface area contributed by atoms with Gasteiger partial charge in [-0.05, 0) is 38.2 Å². The van der Waals surface area contributed by atoms with Gasteiger partial charge in [0.15, 0.2) is 0 Å². The Balaban J connectivity index is 1.69. The zero-order valence-electron chi connectivity index (χ0n) is 15.5. The number of rotatable bonds is 6. The number of anilines is 1. The molecule has 2 unspecified atom stereocenters. The minimum absolute atomic E-state index is 0.135. The molecule has 1 N–H and O–H groups in total. The molecule has 25 heavy (non-hydrogen) atoms. The van der Waals surface area contributed by atoms with Crippen LogP contribution in [0.4, 0.5) is 5.95 Å². The molecule has 3 rings (SSSR count). The van der Waals surface area contributed by atoms with E-state index in [1.807, 2.05) is 0 Å². The molecule has 0 saturated carbocycles. The van der Waals surface area contributed by atoms with Gasteiger partial charge in [-0.15, -0.1) is 5.10 Å². The maximum absolute atomic E-state index is 6.09. The lowest BCUT2D eigenvalue weighted by Crippen LogP contribution is -2.29. The molecule has 2 atom stereocenters. The highest BCUT2D eigenvalue weighted by atomic mass is 16.5. The van der Waals surface area contributed by atoms with Crippen LogP contribution in [0.1, 0.15) is 55.3 Å². The zero-order chi connectivity index (χ0) is 17.6. The Morgan fingerprint density at radius 2 is 1.84 bits per heavy atom. The first kappa shape index (κ1) is 17.8. The number of hydrogen-bond acceptors (Lipinski definition) is 5. The fourth-order valence-corrected chi connectivity index (χ4v) is 3.41. The van der Waals surface area contributed by atoms with Gasteiger partial charge in [0.05, 0.1) is 17.5 Å². The van der Waals surface area contributed by atoms with Crippen LogP contribution in [0.25, 0.3) is 0 Å². The summed E-state index contributed by atoms with van der Waals surface area (Å²) in [4.78, 5) is 4.63. The molecule has 0 spiro atoms. The molecule has 5 heteroatoms. The SMILES string of the molecule is CCc1nnc(NCC2CCCOC2c2ccc(C)cc2)nc1CC. The second-order valence-electron chi connectivity index (χ2n) is 6.72. The van der Waals surface area contributed by atoms with Crippen LogP contribution in [-0.4, -0.2) is 28.3 Å². The monoisotopic (exact) mass is 340 g/mol. The molecule has 1 saturated heterocycles. The van der Waals surface area contributed by atoms with E-state index in [0.717, 1.165) is 50.2 Å². The lowest BCUT2D eigenvalue weighted by Gasteiger charge is -2.32. The average Bonchev–Trinajstić information content (AvgIpc) is 2.67. The maximum atomic E-state index is 6.09. The predicted molar refractivity (Wildman–Crippen MR) is 99.7 cm³/mol. The summed E-state index contributed by atoms with van der Waals surface area (Å²) in [6.45, 7) is 7.94. The predicted octanol–water partition coefficient (Wildman–Crippen LogP) is 3.88. The molecule has 0 radical (unpaired) electrons. The number of ether oxygens (including phenoxy) is 1. The minimum atomic E-state index is 0.135. The number of aromatic nitrogens is 3. The zero-order valence-corrected chi connectivity index (χ0v) is 15.5. The third-order valence-corrected chi connectivity index (χ3v) is 4.88. The van der Waals surface area contributed by atoms with E-state index in [4.69, 9.17) is 4.74 Å². The van der Waals surface area contributed by atoms with E-state index in [9.17, 15) is 0 Å². The highest BCUT2D eigenvalue weighted by molar-refractivity contribution is 5.27. The third kappa shape index (κ3) is 4.34. The summed E-state index contributed by atoms with van der Waals surface area (Å²) >= 11 is 0. The van der Waals surface area contributed by atoms with E-state index in [1.165, 1.54) is 11.1 Å². The normalized spacial score (nSPS) is 20.4. The molecule has 2 aromatic rings. The summed E-state index contributed by atoms with van der Waals surface area (Å²) < 4.78 is 6.09. The molecule has 1 fully saturated rings. The topological polar surface area (TPSA) is 59.9 Å². The van der Waals surface area contributed by atoms with Crippen LogP contribution in [-0.2, 0) is 17.6 Å². The number of nitrogens with zero attached hydrogens (tertiary/aromatic N) is 3. The maximum Gasteiger partial charge on any atom is 0.242 e. The van der Waals surface area contributed by atoms with Gasteiger partial charge < -0.3 is 10.1 Å². The molecular formula is C20H28N4O. The van der Waals surface area contributed by atoms with Crippen molar-refractivity contribution in [1.29, 1.82) is 0 Å². The summed E-state index contributed by atoms with van der Waals surface area (Å²) in [7, 11) is 0. The summed E-state index contributed by atoms with van der Waals surface area (Å²) in [5.41, 5.74) is 4.56. The van der Waals surface area contributed by atoms with Crippen LogP contribution in [0.3, 0.4) is 0 Å². The Labute approximate surface area is 150 Å². The summed E-state index contributed by atoms with van der Waals surface area (Å²) in [6, 6.07) is 8.67. The van der Waals surface area contributed by atoms with Crippen molar-refractivity contribution in [2.24, 2.45) is 5.92 Å². The number of aryl methyl sites for hydroxylation is 3. The lowest BCUT2D eigenvalue weighted by atomic mass is 9.89. The van der Waals surface area contributed by atoms with Gasteiger partial charge in [0.2, 0.25) is 5.95 Å². The quantitative estimate of drug-likeness (QED) is 0.864. The number of nitrogens with one attached hydrogen (secondary N) is 1. The van der Waals surface area contributed by atoms with Gasteiger partial charge in [-0.25, -0.2) is 4.98 Å². The number of benzene rings is 1. The molecular weight excluding hydrogens is 312 g/mol. The Morgan fingerprint density at radius 1 is 1.08 bits per heavy atom. The standard InChI is InChI=1S/C20H28N4O/c1-4-17-18(5-2)23-24-20(22-17)21-13-16-7-6-12-25-19(16)15-10-8-14(3)9-11-15/h8-11,16,19H,4-7,12-13H2,1-3H3,(H,21,22,24). The van der Waals surface area contributed by atoms with E-state index in [0.29, 0.717) is 11.9 Å². The molecule has 1 aromatic heterocycles. The van der Waals surface area contributed by atoms with Crippen molar-refractivity contribution in [1.82, 2.24) is 15.2 Å². The van der Waals surface area contributed by atoms with Crippen molar-refractivity contribution >= 4 is 5.95 Å². The van der Waals surface area contributed by atoms with Crippen LogP contribution in [0.15, 0.2) is 24.3 Å². The second kappa shape index (κ2) is 8.39. The van der Waals surface area contributed by atoms with Gasteiger partial charge in [0.1, 0.15) is 0 Å². The van der Waals surface area contributed by atoms with Gasteiger partial charge in [-0.3, -0.25) is 0 Å². The Kier molecular flexibility index (Phi) is 5.97. The lowest BCUT2D eigenvalue weighted by molar-refractivity contribution is -0.0239. The Bertz CT molecular complexity index is 687. The summed E-state index contributed by atoms with van der Waals surface area (Å²) in [5.74, 6) is 1.04. The van der Waals surface area contributed by atoms with Crippen molar-refractivity contribution in [3.63, 3.8) is 0 Å². The van der Waals surface area contributed by atoms with E-state index < -0.39 is 0 Å². The van der Waals surface area contributed by atoms with Crippen molar-refractivity contribution < 1.29 is 4.74 Å². The van der Waals surface area contributed by atoms with Crippen LogP contribution in [0.5, 0.6) is 0 Å². The molecule has 0 aliphatic carbocycles. The molecule has 1 aromatic carbocycles. The molecule has 1 aliphatic rings.